The van der Waals surface area contributed by atoms with Crippen LogP contribution < -0.4 is 5.32 Å². The largest absolute Gasteiger partial charge is 0.380 e. The van der Waals surface area contributed by atoms with Crippen LogP contribution in [0.5, 0.6) is 0 Å². The van der Waals surface area contributed by atoms with Gasteiger partial charge in [-0.1, -0.05) is 6.92 Å². The Labute approximate surface area is 87.2 Å². The van der Waals surface area contributed by atoms with E-state index in [4.69, 9.17) is 9.47 Å². The number of nitrogens with one attached hydrogen (secondary N) is 1. The molecule has 3 heteroatoms. The van der Waals surface area contributed by atoms with E-state index in [-0.39, 0.29) is 0 Å². The molecule has 0 amide bonds. The fourth-order valence-electron chi connectivity index (χ4n) is 1.63. The van der Waals surface area contributed by atoms with Crippen molar-refractivity contribution < 1.29 is 9.47 Å². The van der Waals surface area contributed by atoms with Crippen molar-refractivity contribution in [3.05, 3.63) is 0 Å². The summed E-state index contributed by atoms with van der Waals surface area (Å²) in [5, 5.41) is 3.31. The van der Waals surface area contributed by atoms with Crippen LogP contribution in [0.2, 0.25) is 0 Å². The smallest absolute Gasteiger partial charge is 0.0597 e. The van der Waals surface area contributed by atoms with Crippen LogP contribution in [0.1, 0.15) is 32.6 Å². The number of hydrogen-bond donors (Lipinski definition) is 1. The van der Waals surface area contributed by atoms with E-state index in [1.54, 1.807) is 0 Å². The molecule has 1 saturated heterocycles. The zero-order valence-corrected chi connectivity index (χ0v) is 9.26. The lowest BCUT2D eigenvalue weighted by atomic mass is 10.2. The van der Waals surface area contributed by atoms with Gasteiger partial charge in [0.15, 0.2) is 0 Å². The average molecular weight is 201 g/mol. The van der Waals surface area contributed by atoms with Gasteiger partial charge in [0.05, 0.1) is 12.7 Å². The van der Waals surface area contributed by atoms with Gasteiger partial charge in [0.25, 0.3) is 0 Å². The molecule has 1 N–H and O–H groups in total. The Morgan fingerprint density at radius 3 is 3.00 bits per heavy atom. The fraction of sp³-hybridized carbons (Fsp3) is 1.00. The van der Waals surface area contributed by atoms with E-state index in [9.17, 15) is 0 Å². The van der Waals surface area contributed by atoms with Gasteiger partial charge < -0.3 is 14.8 Å². The van der Waals surface area contributed by atoms with Crippen molar-refractivity contribution in [2.24, 2.45) is 0 Å². The van der Waals surface area contributed by atoms with Gasteiger partial charge in [-0.05, 0) is 32.2 Å². The SMILES string of the molecule is CCCNCCOCCC1CCCO1. The Morgan fingerprint density at radius 2 is 2.29 bits per heavy atom. The lowest BCUT2D eigenvalue weighted by Gasteiger charge is -2.09. The zero-order chi connectivity index (χ0) is 10.1. The first-order valence-corrected chi connectivity index (χ1v) is 5.83. The van der Waals surface area contributed by atoms with Gasteiger partial charge in [0, 0.05) is 19.8 Å². The van der Waals surface area contributed by atoms with Crippen LogP contribution in [-0.4, -0.2) is 39.0 Å². The summed E-state index contributed by atoms with van der Waals surface area (Å²) in [4.78, 5) is 0. The van der Waals surface area contributed by atoms with E-state index in [1.165, 1.54) is 19.3 Å². The molecule has 0 aromatic rings. The van der Waals surface area contributed by atoms with Crippen LogP contribution in [0.4, 0.5) is 0 Å². The molecule has 1 atom stereocenters. The summed E-state index contributed by atoms with van der Waals surface area (Å²) in [7, 11) is 0. The van der Waals surface area contributed by atoms with Gasteiger partial charge in [0.1, 0.15) is 0 Å². The van der Waals surface area contributed by atoms with Gasteiger partial charge in [-0.3, -0.25) is 0 Å². The highest BCUT2D eigenvalue weighted by molar-refractivity contribution is 4.63. The van der Waals surface area contributed by atoms with Crippen molar-refractivity contribution in [2.45, 2.75) is 38.7 Å². The van der Waals surface area contributed by atoms with Crippen LogP contribution in [0.25, 0.3) is 0 Å². The van der Waals surface area contributed by atoms with Gasteiger partial charge >= 0.3 is 0 Å². The predicted octanol–water partition coefficient (Wildman–Crippen LogP) is 1.57. The van der Waals surface area contributed by atoms with E-state index >= 15 is 0 Å². The van der Waals surface area contributed by atoms with Gasteiger partial charge in [-0.25, -0.2) is 0 Å². The average Bonchev–Trinajstić information content (AvgIpc) is 2.69. The number of rotatable bonds is 8. The predicted molar refractivity (Wildman–Crippen MR) is 57.6 cm³/mol. The molecule has 0 spiro atoms. The van der Waals surface area contributed by atoms with E-state index in [0.29, 0.717) is 6.10 Å². The van der Waals surface area contributed by atoms with Crippen LogP contribution in [0, 0.1) is 0 Å². The van der Waals surface area contributed by atoms with Crippen LogP contribution in [0.3, 0.4) is 0 Å². The fourth-order valence-corrected chi connectivity index (χ4v) is 1.63. The molecule has 1 rings (SSSR count). The van der Waals surface area contributed by atoms with Gasteiger partial charge in [0.2, 0.25) is 0 Å². The highest BCUT2D eigenvalue weighted by Gasteiger charge is 2.14. The number of hydrogen-bond acceptors (Lipinski definition) is 3. The van der Waals surface area contributed by atoms with Crippen molar-refractivity contribution in [1.82, 2.24) is 5.32 Å². The Balaban J connectivity index is 1.75. The van der Waals surface area contributed by atoms with E-state index < -0.39 is 0 Å². The molecule has 84 valence electrons. The molecule has 1 heterocycles. The first kappa shape index (κ1) is 12.0. The topological polar surface area (TPSA) is 30.5 Å². The summed E-state index contributed by atoms with van der Waals surface area (Å²) in [6, 6.07) is 0. The highest BCUT2D eigenvalue weighted by atomic mass is 16.5. The molecule has 0 bridgehead atoms. The Bertz CT molecular complexity index is 124. The van der Waals surface area contributed by atoms with E-state index in [1.807, 2.05) is 0 Å². The molecule has 1 unspecified atom stereocenters. The van der Waals surface area contributed by atoms with Crippen molar-refractivity contribution in [1.29, 1.82) is 0 Å². The summed E-state index contributed by atoms with van der Waals surface area (Å²) >= 11 is 0. The van der Waals surface area contributed by atoms with Crippen LogP contribution in [-0.2, 0) is 9.47 Å². The third-order valence-corrected chi connectivity index (χ3v) is 2.46. The van der Waals surface area contributed by atoms with Crippen molar-refractivity contribution in [3.8, 4) is 0 Å². The molecule has 1 aliphatic heterocycles. The maximum Gasteiger partial charge on any atom is 0.0597 e. The molecule has 3 nitrogen and oxygen atoms in total. The van der Waals surface area contributed by atoms with Crippen LogP contribution >= 0.6 is 0 Å². The Hall–Kier alpha value is -0.120. The van der Waals surface area contributed by atoms with Gasteiger partial charge in [-0.15, -0.1) is 0 Å². The quantitative estimate of drug-likeness (QED) is 0.605. The monoisotopic (exact) mass is 201 g/mol. The lowest BCUT2D eigenvalue weighted by molar-refractivity contribution is 0.0602. The lowest BCUT2D eigenvalue weighted by Crippen LogP contribution is -2.21. The molecule has 1 aliphatic rings. The second kappa shape index (κ2) is 8.21. The van der Waals surface area contributed by atoms with Crippen molar-refractivity contribution in [2.75, 3.05) is 32.9 Å². The summed E-state index contributed by atoms with van der Waals surface area (Å²) in [5.41, 5.74) is 0. The Kier molecular flexibility index (Phi) is 7.01. The maximum atomic E-state index is 5.50. The van der Waals surface area contributed by atoms with Crippen molar-refractivity contribution >= 4 is 0 Å². The van der Waals surface area contributed by atoms with E-state index in [2.05, 4.69) is 12.2 Å². The molecule has 0 aromatic heterocycles. The highest BCUT2D eigenvalue weighted by Crippen LogP contribution is 2.14. The second-order valence-corrected chi connectivity index (χ2v) is 3.79. The molecule has 0 aliphatic carbocycles. The normalized spacial score (nSPS) is 21.6. The zero-order valence-electron chi connectivity index (χ0n) is 9.26. The first-order chi connectivity index (χ1) is 6.93. The molecular weight excluding hydrogens is 178 g/mol. The van der Waals surface area contributed by atoms with Crippen molar-refractivity contribution in [3.63, 3.8) is 0 Å². The van der Waals surface area contributed by atoms with E-state index in [0.717, 1.165) is 39.3 Å². The molecule has 0 saturated carbocycles. The molecule has 14 heavy (non-hydrogen) atoms. The number of ether oxygens (including phenoxy) is 2. The van der Waals surface area contributed by atoms with Gasteiger partial charge in [-0.2, -0.15) is 0 Å². The van der Waals surface area contributed by atoms with Crippen LogP contribution in [0.15, 0.2) is 0 Å². The standard InChI is InChI=1S/C11H23NO2/c1-2-6-12-7-10-13-9-5-11-4-3-8-14-11/h11-12H,2-10H2,1H3. The summed E-state index contributed by atoms with van der Waals surface area (Å²) in [6.07, 6.45) is 5.17. The molecule has 0 radical (unpaired) electrons. The molecular formula is C11H23NO2. The third-order valence-electron chi connectivity index (χ3n) is 2.46. The minimum atomic E-state index is 0.471. The minimum absolute atomic E-state index is 0.471. The molecule has 1 fully saturated rings. The molecule has 0 aromatic carbocycles. The first-order valence-electron chi connectivity index (χ1n) is 5.83. The summed E-state index contributed by atoms with van der Waals surface area (Å²) in [6.45, 7) is 6.85. The maximum absolute atomic E-state index is 5.50. The summed E-state index contributed by atoms with van der Waals surface area (Å²) < 4.78 is 11.0. The second-order valence-electron chi connectivity index (χ2n) is 3.79. The third kappa shape index (κ3) is 5.58. The minimum Gasteiger partial charge on any atom is -0.380 e. The Morgan fingerprint density at radius 1 is 1.36 bits per heavy atom. The summed E-state index contributed by atoms with van der Waals surface area (Å²) in [5.74, 6) is 0.